The minimum Gasteiger partial charge on any atom is -0.319 e. The molecule has 0 saturated carbocycles. The molecule has 1 N–H and O–H groups in total. The summed E-state index contributed by atoms with van der Waals surface area (Å²) in [6, 6.07) is 7.86. The number of hydrogen-bond acceptors (Lipinski definition) is 5. The number of anilines is 1. The Morgan fingerprint density at radius 2 is 2.08 bits per heavy atom. The lowest BCUT2D eigenvalue weighted by atomic mass is 10.2. The van der Waals surface area contributed by atoms with Crippen LogP contribution in [0.15, 0.2) is 30.3 Å². The Kier molecular flexibility index (Phi) is 6.56. The number of rotatable bonds is 7. The molecule has 1 heterocycles. The normalized spacial score (nSPS) is 10.8. The molecule has 0 radical (unpaired) electrons. The third kappa shape index (κ3) is 5.17. The molecular formula is C15H15Cl2N3O3S. The van der Waals surface area contributed by atoms with Crippen molar-refractivity contribution in [2.45, 2.75) is 13.5 Å². The predicted octanol–water partition coefficient (Wildman–Crippen LogP) is 4.42. The molecule has 0 fully saturated rings. The largest absolute Gasteiger partial charge is 0.319 e. The number of carbonyl (C=O) groups is 1. The van der Waals surface area contributed by atoms with Gasteiger partial charge in [-0.15, -0.1) is 11.3 Å². The van der Waals surface area contributed by atoms with Gasteiger partial charge in [-0.1, -0.05) is 30.1 Å². The molecule has 0 aliphatic carbocycles. The first-order chi connectivity index (χ1) is 11.4. The average molecular weight is 388 g/mol. The summed E-state index contributed by atoms with van der Waals surface area (Å²) >= 11 is 13.1. The summed E-state index contributed by atoms with van der Waals surface area (Å²) in [5, 5.41) is 13.9. The number of nitro benzene ring substituents is 1. The number of carbonyl (C=O) groups excluding carboxylic acids is 1. The molecule has 0 spiro atoms. The number of benzene rings is 1. The standard InChI is InChI=1S/C15H15Cl2N3O3S/c1-2-19(8-11-4-6-14(17)24-11)9-15(21)18-12-5-3-10(16)7-13(12)20(22)23/h3-7H,2,8-9H2,1H3,(H,18,21). The lowest BCUT2D eigenvalue weighted by Gasteiger charge is -2.19. The second kappa shape index (κ2) is 8.43. The maximum Gasteiger partial charge on any atom is 0.294 e. The van der Waals surface area contributed by atoms with Gasteiger partial charge in [0.05, 0.1) is 15.8 Å². The van der Waals surface area contributed by atoms with Gasteiger partial charge in [-0.2, -0.15) is 0 Å². The van der Waals surface area contributed by atoms with Gasteiger partial charge in [0.25, 0.3) is 5.69 Å². The second-order valence-electron chi connectivity index (χ2n) is 4.98. The number of halogens is 2. The molecule has 24 heavy (non-hydrogen) atoms. The Bertz CT molecular complexity index is 751. The van der Waals surface area contributed by atoms with E-state index in [0.29, 0.717) is 17.4 Å². The minimum absolute atomic E-state index is 0.117. The molecule has 2 aromatic rings. The van der Waals surface area contributed by atoms with E-state index in [1.807, 2.05) is 24.0 Å². The van der Waals surface area contributed by atoms with Crippen LogP contribution < -0.4 is 5.32 Å². The third-order valence-electron chi connectivity index (χ3n) is 3.25. The predicted molar refractivity (Wildman–Crippen MR) is 97.0 cm³/mol. The van der Waals surface area contributed by atoms with Gasteiger partial charge in [0.2, 0.25) is 5.91 Å². The molecule has 0 bridgehead atoms. The Morgan fingerprint density at radius 1 is 1.33 bits per heavy atom. The molecule has 1 aromatic carbocycles. The molecule has 128 valence electrons. The van der Waals surface area contributed by atoms with Gasteiger partial charge in [-0.25, -0.2) is 0 Å². The van der Waals surface area contributed by atoms with Crippen molar-refractivity contribution < 1.29 is 9.72 Å². The summed E-state index contributed by atoms with van der Waals surface area (Å²) in [7, 11) is 0. The number of amides is 1. The van der Waals surface area contributed by atoms with E-state index < -0.39 is 4.92 Å². The summed E-state index contributed by atoms with van der Waals surface area (Å²) < 4.78 is 0.697. The molecule has 0 atom stereocenters. The van der Waals surface area contributed by atoms with E-state index >= 15 is 0 Å². The van der Waals surface area contributed by atoms with Crippen molar-refractivity contribution in [1.82, 2.24) is 4.90 Å². The van der Waals surface area contributed by atoms with Gasteiger partial charge >= 0.3 is 0 Å². The fraction of sp³-hybridized carbons (Fsp3) is 0.267. The van der Waals surface area contributed by atoms with Gasteiger partial charge in [0.1, 0.15) is 5.69 Å². The molecule has 0 saturated heterocycles. The molecule has 0 aliphatic heterocycles. The zero-order valence-corrected chi connectivity index (χ0v) is 15.1. The Balaban J connectivity index is 2.02. The van der Waals surface area contributed by atoms with Crippen molar-refractivity contribution in [1.29, 1.82) is 0 Å². The first kappa shape index (κ1) is 18.7. The van der Waals surface area contributed by atoms with Gasteiger partial charge < -0.3 is 5.32 Å². The molecule has 1 amide bonds. The fourth-order valence-corrected chi connectivity index (χ4v) is 3.39. The van der Waals surface area contributed by atoms with Crippen LogP contribution in [0.1, 0.15) is 11.8 Å². The summed E-state index contributed by atoms with van der Waals surface area (Å²) in [6.07, 6.45) is 0. The zero-order chi connectivity index (χ0) is 17.7. The van der Waals surface area contributed by atoms with Crippen LogP contribution in [-0.2, 0) is 11.3 Å². The molecule has 0 aliphatic rings. The maximum atomic E-state index is 12.2. The molecule has 1 aromatic heterocycles. The first-order valence-corrected chi connectivity index (χ1v) is 8.66. The number of nitro groups is 1. The van der Waals surface area contributed by atoms with Crippen LogP contribution in [0, 0.1) is 10.1 Å². The fourth-order valence-electron chi connectivity index (χ4n) is 2.09. The lowest BCUT2D eigenvalue weighted by molar-refractivity contribution is -0.383. The Labute approximate surface area is 153 Å². The van der Waals surface area contributed by atoms with E-state index in [4.69, 9.17) is 23.2 Å². The van der Waals surface area contributed by atoms with Crippen LogP contribution in [0.3, 0.4) is 0 Å². The summed E-state index contributed by atoms with van der Waals surface area (Å²) in [5.74, 6) is -0.329. The molecule has 6 nitrogen and oxygen atoms in total. The number of thiophene rings is 1. The number of hydrogen-bond donors (Lipinski definition) is 1. The van der Waals surface area contributed by atoms with Crippen molar-refractivity contribution in [3.63, 3.8) is 0 Å². The third-order valence-corrected chi connectivity index (χ3v) is 4.70. The van der Waals surface area contributed by atoms with Crippen LogP contribution in [0.2, 0.25) is 9.36 Å². The van der Waals surface area contributed by atoms with Crippen LogP contribution in [0.4, 0.5) is 11.4 Å². The van der Waals surface area contributed by atoms with E-state index in [9.17, 15) is 14.9 Å². The molecule has 9 heteroatoms. The first-order valence-electron chi connectivity index (χ1n) is 7.09. The SMILES string of the molecule is CCN(CC(=O)Nc1ccc(Cl)cc1[N+](=O)[O-])Cc1ccc(Cl)s1. The molecule has 0 unspecified atom stereocenters. The van der Waals surface area contributed by atoms with E-state index in [1.54, 1.807) is 0 Å². The van der Waals surface area contributed by atoms with Crippen molar-refractivity contribution in [2.75, 3.05) is 18.4 Å². The van der Waals surface area contributed by atoms with Crippen molar-refractivity contribution in [3.8, 4) is 0 Å². The van der Waals surface area contributed by atoms with Crippen LogP contribution >= 0.6 is 34.5 Å². The Hall–Kier alpha value is -1.67. The van der Waals surface area contributed by atoms with E-state index in [2.05, 4.69) is 5.32 Å². The minimum atomic E-state index is -0.577. The van der Waals surface area contributed by atoms with Crippen molar-refractivity contribution in [3.05, 3.63) is 54.7 Å². The molecule has 2 rings (SSSR count). The van der Waals surface area contributed by atoms with Crippen molar-refractivity contribution in [2.24, 2.45) is 0 Å². The topological polar surface area (TPSA) is 75.5 Å². The smallest absolute Gasteiger partial charge is 0.294 e. The van der Waals surface area contributed by atoms with Crippen LogP contribution in [0.25, 0.3) is 0 Å². The second-order valence-corrected chi connectivity index (χ2v) is 7.21. The monoisotopic (exact) mass is 387 g/mol. The number of likely N-dealkylation sites (N-methyl/N-ethyl adjacent to an activating group) is 1. The summed E-state index contributed by atoms with van der Waals surface area (Å²) in [5.41, 5.74) is -0.103. The van der Waals surface area contributed by atoms with Gasteiger partial charge in [0, 0.05) is 22.5 Å². The van der Waals surface area contributed by atoms with E-state index in [0.717, 1.165) is 4.88 Å². The highest BCUT2D eigenvalue weighted by Crippen LogP contribution is 2.28. The summed E-state index contributed by atoms with van der Waals surface area (Å²) in [6.45, 7) is 3.30. The highest BCUT2D eigenvalue weighted by Gasteiger charge is 2.18. The molecular weight excluding hydrogens is 373 g/mol. The van der Waals surface area contributed by atoms with Gasteiger partial charge in [0.15, 0.2) is 0 Å². The highest BCUT2D eigenvalue weighted by atomic mass is 35.5. The Morgan fingerprint density at radius 3 is 2.67 bits per heavy atom. The van der Waals surface area contributed by atoms with Crippen LogP contribution in [-0.4, -0.2) is 28.8 Å². The van der Waals surface area contributed by atoms with Crippen molar-refractivity contribution >= 4 is 51.8 Å². The number of nitrogens with zero attached hydrogens (tertiary/aromatic N) is 2. The van der Waals surface area contributed by atoms with Gasteiger partial charge in [-0.05, 0) is 30.8 Å². The number of nitrogens with one attached hydrogen (secondary N) is 1. The average Bonchev–Trinajstić information content (AvgIpc) is 2.93. The zero-order valence-electron chi connectivity index (χ0n) is 12.8. The maximum absolute atomic E-state index is 12.2. The summed E-state index contributed by atoms with van der Waals surface area (Å²) in [4.78, 5) is 25.6. The van der Waals surface area contributed by atoms with E-state index in [1.165, 1.54) is 29.5 Å². The van der Waals surface area contributed by atoms with E-state index in [-0.39, 0.29) is 28.8 Å². The lowest BCUT2D eigenvalue weighted by Crippen LogP contribution is -2.32. The quantitative estimate of drug-likeness (QED) is 0.563. The highest BCUT2D eigenvalue weighted by molar-refractivity contribution is 7.16. The van der Waals surface area contributed by atoms with Gasteiger partial charge in [-0.3, -0.25) is 19.8 Å². The van der Waals surface area contributed by atoms with Crippen LogP contribution in [0.5, 0.6) is 0 Å².